The van der Waals surface area contributed by atoms with Crippen LogP contribution < -0.4 is 5.32 Å². The van der Waals surface area contributed by atoms with Gasteiger partial charge in [0.2, 0.25) is 0 Å². The van der Waals surface area contributed by atoms with Crippen LogP contribution in [0.25, 0.3) is 0 Å². The molecule has 2 rings (SSSR count). The van der Waals surface area contributed by atoms with Gasteiger partial charge in [-0.05, 0) is 24.1 Å². The Morgan fingerprint density at radius 2 is 1.75 bits per heavy atom. The van der Waals surface area contributed by atoms with E-state index in [-0.39, 0.29) is 11.7 Å². The van der Waals surface area contributed by atoms with Gasteiger partial charge in [0, 0.05) is 0 Å². The Morgan fingerprint density at radius 1 is 1.00 bits per heavy atom. The minimum atomic E-state index is -0.822. The lowest BCUT2D eigenvalue weighted by Gasteiger charge is -2.20. The quantitative estimate of drug-likeness (QED) is 0.753. The number of nitrogens with one attached hydrogen (secondary N) is 1. The van der Waals surface area contributed by atoms with E-state index < -0.39 is 11.6 Å². The molecule has 1 atom stereocenters. The molecule has 0 aliphatic carbocycles. The summed E-state index contributed by atoms with van der Waals surface area (Å²) in [6.07, 6.45) is 2.98. The second kappa shape index (κ2) is 7.04. The second-order valence-electron chi connectivity index (χ2n) is 4.85. The second-order valence-corrected chi connectivity index (χ2v) is 4.85. The lowest BCUT2D eigenvalue weighted by atomic mass is 10.0. The molecule has 0 spiro atoms. The molecule has 106 valence electrons. The van der Waals surface area contributed by atoms with E-state index in [0.717, 1.165) is 30.9 Å². The molecular weight excluding hydrogens is 256 g/mol. The number of hydrogen-bond acceptors (Lipinski definition) is 1. The Hall–Kier alpha value is -1.90. The molecule has 0 saturated heterocycles. The summed E-state index contributed by atoms with van der Waals surface area (Å²) in [4.78, 5) is 0. The number of halogens is 2. The third-order valence-corrected chi connectivity index (χ3v) is 3.33. The SMILES string of the molecule is CCCCC(Nc1cccc(F)c1F)c1ccccc1. The van der Waals surface area contributed by atoms with Gasteiger partial charge in [0.15, 0.2) is 11.6 Å². The summed E-state index contributed by atoms with van der Waals surface area (Å²) >= 11 is 0. The van der Waals surface area contributed by atoms with Crippen molar-refractivity contribution in [1.29, 1.82) is 0 Å². The summed E-state index contributed by atoms with van der Waals surface area (Å²) in [7, 11) is 0. The fraction of sp³-hybridized carbons (Fsp3) is 0.294. The minimum absolute atomic E-state index is 0.00699. The molecule has 0 bridgehead atoms. The average Bonchev–Trinajstić information content (AvgIpc) is 2.48. The Labute approximate surface area is 118 Å². The molecular formula is C17H19F2N. The van der Waals surface area contributed by atoms with Crippen LogP contribution in [0.3, 0.4) is 0 Å². The van der Waals surface area contributed by atoms with Crippen molar-refractivity contribution >= 4 is 5.69 Å². The van der Waals surface area contributed by atoms with Crippen LogP contribution in [0.5, 0.6) is 0 Å². The highest BCUT2D eigenvalue weighted by Crippen LogP contribution is 2.26. The van der Waals surface area contributed by atoms with Gasteiger partial charge in [0.05, 0.1) is 11.7 Å². The molecule has 3 heteroatoms. The Kier molecular flexibility index (Phi) is 5.10. The van der Waals surface area contributed by atoms with E-state index in [4.69, 9.17) is 0 Å². The van der Waals surface area contributed by atoms with Gasteiger partial charge in [0.25, 0.3) is 0 Å². The summed E-state index contributed by atoms with van der Waals surface area (Å²) in [5.74, 6) is -1.64. The van der Waals surface area contributed by atoms with Crippen molar-refractivity contribution < 1.29 is 8.78 Å². The molecule has 0 fully saturated rings. The maximum Gasteiger partial charge on any atom is 0.181 e. The van der Waals surface area contributed by atoms with E-state index in [2.05, 4.69) is 12.2 Å². The van der Waals surface area contributed by atoms with Gasteiger partial charge < -0.3 is 5.32 Å². The van der Waals surface area contributed by atoms with Crippen molar-refractivity contribution in [2.24, 2.45) is 0 Å². The highest BCUT2D eigenvalue weighted by molar-refractivity contribution is 5.47. The van der Waals surface area contributed by atoms with Crippen LogP contribution >= 0.6 is 0 Å². The Bertz CT molecular complexity index is 540. The molecule has 0 aliphatic heterocycles. The fourth-order valence-corrected chi connectivity index (χ4v) is 2.22. The molecule has 0 saturated carbocycles. The van der Waals surface area contributed by atoms with E-state index in [1.165, 1.54) is 6.07 Å². The molecule has 2 aromatic carbocycles. The molecule has 1 unspecified atom stereocenters. The fourth-order valence-electron chi connectivity index (χ4n) is 2.22. The van der Waals surface area contributed by atoms with E-state index in [9.17, 15) is 8.78 Å². The predicted octanol–water partition coefficient (Wildman–Crippen LogP) is 5.31. The smallest absolute Gasteiger partial charge is 0.181 e. The highest BCUT2D eigenvalue weighted by atomic mass is 19.2. The third kappa shape index (κ3) is 3.56. The molecule has 1 nitrogen and oxygen atoms in total. The molecule has 0 aromatic heterocycles. The monoisotopic (exact) mass is 275 g/mol. The Balaban J connectivity index is 2.21. The van der Waals surface area contributed by atoms with Crippen LogP contribution in [0.15, 0.2) is 48.5 Å². The normalized spacial score (nSPS) is 12.2. The zero-order valence-corrected chi connectivity index (χ0v) is 11.6. The van der Waals surface area contributed by atoms with Crippen LogP contribution in [0, 0.1) is 11.6 Å². The maximum atomic E-state index is 13.8. The van der Waals surface area contributed by atoms with Crippen molar-refractivity contribution in [3.63, 3.8) is 0 Å². The summed E-state index contributed by atoms with van der Waals surface area (Å²) in [5, 5.41) is 3.12. The van der Waals surface area contributed by atoms with Crippen LogP contribution in [0.2, 0.25) is 0 Å². The summed E-state index contributed by atoms with van der Waals surface area (Å²) < 4.78 is 27.0. The molecule has 0 radical (unpaired) electrons. The van der Waals surface area contributed by atoms with Crippen molar-refractivity contribution in [1.82, 2.24) is 0 Å². The van der Waals surface area contributed by atoms with Gasteiger partial charge in [-0.3, -0.25) is 0 Å². The van der Waals surface area contributed by atoms with Gasteiger partial charge in [-0.1, -0.05) is 56.2 Å². The molecule has 0 aliphatic rings. The first-order valence-electron chi connectivity index (χ1n) is 6.98. The highest BCUT2D eigenvalue weighted by Gasteiger charge is 2.14. The van der Waals surface area contributed by atoms with Gasteiger partial charge in [-0.25, -0.2) is 8.78 Å². The van der Waals surface area contributed by atoms with Crippen LogP contribution in [-0.4, -0.2) is 0 Å². The van der Waals surface area contributed by atoms with Crippen molar-refractivity contribution in [2.75, 3.05) is 5.32 Å². The first kappa shape index (κ1) is 14.5. The van der Waals surface area contributed by atoms with Gasteiger partial charge >= 0.3 is 0 Å². The number of rotatable bonds is 6. The zero-order valence-electron chi connectivity index (χ0n) is 11.6. The van der Waals surface area contributed by atoms with Crippen molar-refractivity contribution in [3.05, 3.63) is 65.7 Å². The minimum Gasteiger partial charge on any atom is -0.376 e. The van der Waals surface area contributed by atoms with Gasteiger partial charge in [0.1, 0.15) is 0 Å². The molecule has 0 heterocycles. The van der Waals surface area contributed by atoms with Gasteiger partial charge in [-0.15, -0.1) is 0 Å². The first-order chi connectivity index (χ1) is 9.72. The molecule has 20 heavy (non-hydrogen) atoms. The maximum absolute atomic E-state index is 13.8. The lowest BCUT2D eigenvalue weighted by molar-refractivity contribution is 0.508. The number of anilines is 1. The van der Waals surface area contributed by atoms with Crippen molar-refractivity contribution in [3.8, 4) is 0 Å². The predicted molar refractivity (Wildman–Crippen MR) is 78.7 cm³/mol. The largest absolute Gasteiger partial charge is 0.376 e. The topological polar surface area (TPSA) is 12.0 Å². The number of unbranched alkanes of at least 4 members (excludes halogenated alkanes) is 1. The molecule has 2 aromatic rings. The third-order valence-electron chi connectivity index (χ3n) is 3.33. The summed E-state index contributed by atoms with van der Waals surface area (Å²) in [6, 6.07) is 14.1. The number of hydrogen-bond donors (Lipinski definition) is 1. The van der Waals surface area contributed by atoms with E-state index in [1.54, 1.807) is 6.07 Å². The van der Waals surface area contributed by atoms with E-state index >= 15 is 0 Å². The molecule has 0 amide bonds. The van der Waals surface area contributed by atoms with Crippen LogP contribution in [0.1, 0.15) is 37.8 Å². The van der Waals surface area contributed by atoms with Crippen LogP contribution in [0.4, 0.5) is 14.5 Å². The van der Waals surface area contributed by atoms with E-state index in [1.807, 2.05) is 30.3 Å². The van der Waals surface area contributed by atoms with E-state index in [0.29, 0.717) is 0 Å². The van der Waals surface area contributed by atoms with Crippen molar-refractivity contribution in [2.45, 2.75) is 32.2 Å². The Morgan fingerprint density at radius 3 is 2.45 bits per heavy atom. The first-order valence-corrected chi connectivity index (χ1v) is 6.98. The summed E-state index contributed by atoms with van der Waals surface area (Å²) in [5.41, 5.74) is 1.31. The standard InChI is InChI=1S/C17H19F2N/c1-2-3-11-15(13-8-5-4-6-9-13)20-16-12-7-10-14(18)17(16)19/h4-10,12,15,20H,2-3,11H2,1H3. The van der Waals surface area contributed by atoms with Gasteiger partial charge in [-0.2, -0.15) is 0 Å². The average molecular weight is 275 g/mol. The number of benzene rings is 2. The lowest BCUT2D eigenvalue weighted by Crippen LogP contribution is -2.12. The zero-order chi connectivity index (χ0) is 14.4. The molecule has 1 N–H and O–H groups in total. The summed E-state index contributed by atoms with van der Waals surface area (Å²) in [6.45, 7) is 2.12. The van der Waals surface area contributed by atoms with Crippen LogP contribution in [-0.2, 0) is 0 Å².